The molecule has 0 saturated heterocycles. The molecule has 0 N–H and O–H groups in total. The zero-order valence-corrected chi connectivity index (χ0v) is 11.8. The molecule has 1 aromatic carbocycles. The van der Waals surface area contributed by atoms with Gasteiger partial charge in [-0.25, -0.2) is 4.39 Å². The Morgan fingerprint density at radius 1 is 1.37 bits per heavy atom. The smallest absolute Gasteiger partial charge is 0.214 e. The fourth-order valence-corrected chi connectivity index (χ4v) is 2.18. The van der Waals surface area contributed by atoms with Crippen LogP contribution in [-0.2, 0) is 0 Å². The topological polar surface area (TPSA) is 34.9 Å². The molecule has 0 bridgehead atoms. The summed E-state index contributed by atoms with van der Waals surface area (Å²) >= 11 is 11.8. The molecule has 2 rings (SSSR count). The highest BCUT2D eigenvalue weighted by molar-refractivity contribution is 6.37. The summed E-state index contributed by atoms with van der Waals surface area (Å²) in [5, 5.41) is 4.05. The summed E-state index contributed by atoms with van der Waals surface area (Å²) in [6.45, 7) is 3.74. The molecule has 0 saturated carbocycles. The number of carbonyl (C=O) groups excluding carboxylic acids is 1. The maximum absolute atomic E-state index is 13.4. The van der Waals surface area contributed by atoms with Crippen LogP contribution in [0.5, 0.6) is 0 Å². The van der Waals surface area contributed by atoms with Crippen LogP contribution in [-0.4, -0.2) is 15.6 Å². The molecule has 0 amide bonds. The molecule has 0 unspecified atom stereocenters. The maximum atomic E-state index is 13.4. The lowest BCUT2D eigenvalue weighted by atomic mass is 10.1. The standard InChI is InChI=1S/C13H11Cl2FN2O/c1-7(2)18-12(9(14)6-17-18)13(19)8-4-3-5-10(16)11(8)15/h3-7H,1-2H3. The quantitative estimate of drug-likeness (QED) is 0.799. The van der Waals surface area contributed by atoms with Crippen molar-refractivity contribution in [3.05, 3.63) is 51.5 Å². The summed E-state index contributed by atoms with van der Waals surface area (Å²) in [4.78, 5) is 12.4. The number of aromatic nitrogens is 2. The van der Waals surface area contributed by atoms with Crippen molar-refractivity contribution >= 4 is 29.0 Å². The van der Waals surface area contributed by atoms with Crippen molar-refractivity contribution in [2.75, 3.05) is 0 Å². The van der Waals surface area contributed by atoms with Gasteiger partial charge in [0.1, 0.15) is 11.5 Å². The van der Waals surface area contributed by atoms with Crippen LogP contribution in [0.1, 0.15) is 35.9 Å². The van der Waals surface area contributed by atoms with Gasteiger partial charge in [0.05, 0.1) is 16.2 Å². The van der Waals surface area contributed by atoms with Crippen LogP contribution in [0, 0.1) is 5.82 Å². The van der Waals surface area contributed by atoms with Gasteiger partial charge in [0.15, 0.2) is 0 Å². The number of halogens is 3. The highest BCUT2D eigenvalue weighted by atomic mass is 35.5. The van der Waals surface area contributed by atoms with E-state index in [1.807, 2.05) is 13.8 Å². The second-order valence-corrected chi connectivity index (χ2v) is 5.10. The van der Waals surface area contributed by atoms with E-state index in [0.717, 1.165) is 0 Å². The highest BCUT2D eigenvalue weighted by Gasteiger charge is 2.23. The fraction of sp³-hybridized carbons (Fsp3) is 0.231. The second kappa shape index (κ2) is 5.31. The molecule has 0 aliphatic heterocycles. The summed E-state index contributed by atoms with van der Waals surface area (Å²) in [7, 11) is 0. The summed E-state index contributed by atoms with van der Waals surface area (Å²) < 4.78 is 14.9. The van der Waals surface area contributed by atoms with Crippen LogP contribution >= 0.6 is 23.2 Å². The number of ketones is 1. The Morgan fingerprint density at radius 3 is 2.68 bits per heavy atom. The first-order valence-electron chi connectivity index (χ1n) is 5.65. The van der Waals surface area contributed by atoms with Gasteiger partial charge in [-0.2, -0.15) is 5.10 Å². The van der Waals surface area contributed by atoms with Crippen LogP contribution in [0.3, 0.4) is 0 Å². The molecule has 0 spiro atoms. The van der Waals surface area contributed by atoms with Gasteiger partial charge < -0.3 is 0 Å². The first-order valence-corrected chi connectivity index (χ1v) is 6.40. The molecule has 2 aromatic rings. The molecule has 0 aliphatic carbocycles. The summed E-state index contributed by atoms with van der Waals surface area (Å²) in [6.07, 6.45) is 1.39. The molecule has 19 heavy (non-hydrogen) atoms. The van der Waals surface area contributed by atoms with Crippen LogP contribution in [0.25, 0.3) is 0 Å². The lowest BCUT2D eigenvalue weighted by molar-refractivity contribution is 0.102. The molecule has 1 heterocycles. The predicted octanol–water partition coefficient (Wildman–Crippen LogP) is 4.14. The Morgan fingerprint density at radius 2 is 2.05 bits per heavy atom. The van der Waals surface area contributed by atoms with Gasteiger partial charge in [-0.05, 0) is 26.0 Å². The van der Waals surface area contributed by atoms with Crippen molar-refractivity contribution < 1.29 is 9.18 Å². The maximum Gasteiger partial charge on any atom is 0.214 e. The minimum atomic E-state index is -0.640. The molecule has 3 nitrogen and oxygen atoms in total. The highest BCUT2D eigenvalue weighted by Crippen LogP contribution is 2.27. The zero-order chi connectivity index (χ0) is 14.2. The van der Waals surface area contributed by atoms with Crippen molar-refractivity contribution in [1.29, 1.82) is 0 Å². The second-order valence-electron chi connectivity index (χ2n) is 4.31. The van der Waals surface area contributed by atoms with E-state index in [0.29, 0.717) is 0 Å². The molecule has 100 valence electrons. The molecule has 1 aromatic heterocycles. The number of benzene rings is 1. The first kappa shape index (κ1) is 14.0. The average molecular weight is 301 g/mol. The lowest BCUT2D eigenvalue weighted by Gasteiger charge is -2.11. The first-order chi connectivity index (χ1) is 8.93. The van der Waals surface area contributed by atoms with Crippen molar-refractivity contribution in [1.82, 2.24) is 9.78 Å². The van der Waals surface area contributed by atoms with Crippen molar-refractivity contribution in [3.63, 3.8) is 0 Å². The molecule has 6 heteroatoms. The summed E-state index contributed by atoms with van der Waals surface area (Å²) in [6, 6.07) is 4.04. The third kappa shape index (κ3) is 2.51. The van der Waals surface area contributed by atoms with E-state index in [4.69, 9.17) is 23.2 Å². The van der Waals surface area contributed by atoms with E-state index in [1.165, 1.54) is 29.1 Å². The van der Waals surface area contributed by atoms with E-state index < -0.39 is 11.6 Å². The van der Waals surface area contributed by atoms with Gasteiger partial charge in [-0.3, -0.25) is 9.48 Å². The summed E-state index contributed by atoms with van der Waals surface area (Å²) in [5.74, 6) is -1.08. The Labute approximate surface area is 119 Å². The predicted molar refractivity (Wildman–Crippen MR) is 72.5 cm³/mol. The number of nitrogens with zero attached hydrogens (tertiary/aromatic N) is 2. The van der Waals surface area contributed by atoms with Gasteiger partial charge >= 0.3 is 0 Å². The van der Waals surface area contributed by atoms with Crippen molar-refractivity contribution in [2.24, 2.45) is 0 Å². The van der Waals surface area contributed by atoms with Gasteiger partial charge in [-0.1, -0.05) is 29.3 Å². The molecule has 0 fully saturated rings. The SMILES string of the molecule is CC(C)n1ncc(Cl)c1C(=O)c1cccc(F)c1Cl. The van der Waals surface area contributed by atoms with E-state index in [2.05, 4.69) is 5.10 Å². The number of rotatable bonds is 3. The Hall–Kier alpha value is -1.39. The molecule has 0 aliphatic rings. The van der Waals surface area contributed by atoms with E-state index >= 15 is 0 Å². The number of hydrogen-bond donors (Lipinski definition) is 0. The minimum absolute atomic E-state index is 0.0428. The molecule has 0 radical (unpaired) electrons. The number of carbonyl (C=O) groups is 1. The van der Waals surface area contributed by atoms with Crippen molar-refractivity contribution in [2.45, 2.75) is 19.9 Å². The van der Waals surface area contributed by atoms with Gasteiger partial charge in [0.2, 0.25) is 5.78 Å². The molecule has 0 atom stereocenters. The van der Waals surface area contributed by atoms with E-state index in [9.17, 15) is 9.18 Å². The van der Waals surface area contributed by atoms with Crippen LogP contribution in [0.2, 0.25) is 10.0 Å². The normalized spacial score (nSPS) is 11.1. The monoisotopic (exact) mass is 300 g/mol. The average Bonchev–Trinajstić information content (AvgIpc) is 2.74. The number of hydrogen-bond acceptors (Lipinski definition) is 2. The van der Waals surface area contributed by atoms with Crippen LogP contribution < -0.4 is 0 Å². The van der Waals surface area contributed by atoms with Crippen LogP contribution in [0.4, 0.5) is 4.39 Å². The largest absolute Gasteiger partial charge is 0.287 e. The lowest BCUT2D eigenvalue weighted by Crippen LogP contribution is -2.14. The Bertz CT molecular complexity index is 638. The van der Waals surface area contributed by atoms with Gasteiger partial charge in [0, 0.05) is 11.6 Å². The zero-order valence-electron chi connectivity index (χ0n) is 10.3. The Balaban J connectivity index is 2.56. The van der Waals surface area contributed by atoms with Crippen LogP contribution in [0.15, 0.2) is 24.4 Å². The summed E-state index contributed by atoms with van der Waals surface area (Å²) in [5.41, 5.74) is 0.287. The third-order valence-corrected chi connectivity index (χ3v) is 3.31. The Kier molecular flexibility index (Phi) is 3.92. The van der Waals surface area contributed by atoms with Crippen molar-refractivity contribution in [3.8, 4) is 0 Å². The van der Waals surface area contributed by atoms with Gasteiger partial charge in [-0.15, -0.1) is 0 Å². The molecular weight excluding hydrogens is 290 g/mol. The third-order valence-electron chi connectivity index (χ3n) is 2.65. The molecular formula is C13H11Cl2FN2O. The van der Waals surface area contributed by atoms with E-state index in [-0.39, 0.29) is 27.3 Å². The minimum Gasteiger partial charge on any atom is -0.287 e. The van der Waals surface area contributed by atoms with Gasteiger partial charge in [0.25, 0.3) is 0 Å². The fourth-order valence-electron chi connectivity index (χ4n) is 1.75. The van der Waals surface area contributed by atoms with E-state index in [1.54, 1.807) is 0 Å².